The van der Waals surface area contributed by atoms with Crippen LogP contribution in [0.3, 0.4) is 0 Å². The Morgan fingerprint density at radius 2 is 2.33 bits per heavy atom. The maximum Gasteiger partial charge on any atom is 0.203 e. The van der Waals surface area contributed by atoms with Gasteiger partial charge in [-0.1, -0.05) is 6.08 Å². The van der Waals surface area contributed by atoms with Crippen molar-refractivity contribution in [3.63, 3.8) is 0 Å². The third-order valence-corrected chi connectivity index (χ3v) is 3.05. The molecule has 1 atom stereocenters. The first-order valence-electron chi connectivity index (χ1n) is 6.48. The number of aromatic nitrogens is 2. The fourth-order valence-corrected chi connectivity index (χ4v) is 2.17. The van der Waals surface area contributed by atoms with E-state index in [9.17, 15) is 0 Å². The molecule has 0 aromatic carbocycles. The van der Waals surface area contributed by atoms with Crippen molar-refractivity contribution >= 4 is 5.95 Å². The molecule has 1 fully saturated rings. The largest absolute Gasteiger partial charge is 0.379 e. The van der Waals surface area contributed by atoms with Gasteiger partial charge < -0.3 is 14.6 Å². The summed E-state index contributed by atoms with van der Waals surface area (Å²) in [6.07, 6.45) is 5.65. The van der Waals surface area contributed by atoms with E-state index in [1.165, 1.54) is 0 Å². The van der Waals surface area contributed by atoms with Gasteiger partial charge in [0.25, 0.3) is 0 Å². The fourth-order valence-electron chi connectivity index (χ4n) is 2.17. The number of morpholine rings is 1. The van der Waals surface area contributed by atoms with Crippen LogP contribution in [0.4, 0.5) is 5.95 Å². The van der Waals surface area contributed by atoms with Crippen molar-refractivity contribution in [3.05, 3.63) is 25.0 Å². The molecule has 1 N–H and O–H groups in total. The number of imidazole rings is 1. The molecule has 0 radical (unpaired) electrons. The summed E-state index contributed by atoms with van der Waals surface area (Å²) in [6, 6.07) is 0.370. The summed E-state index contributed by atoms with van der Waals surface area (Å²) in [5.74, 6) is 0.913. The highest BCUT2D eigenvalue weighted by atomic mass is 16.5. The van der Waals surface area contributed by atoms with Crippen molar-refractivity contribution in [2.45, 2.75) is 19.5 Å². The zero-order chi connectivity index (χ0) is 12.8. The van der Waals surface area contributed by atoms with Gasteiger partial charge in [0.15, 0.2) is 0 Å². The molecular weight excluding hydrogens is 228 g/mol. The lowest BCUT2D eigenvalue weighted by atomic mass is 10.3. The second kappa shape index (κ2) is 6.56. The molecule has 0 bridgehead atoms. The molecule has 100 valence electrons. The SMILES string of the molecule is C=CCn1ccnc1NC(C)CN1CCOCC1. The Bertz CT molecular complexity index is 371. The summed E-state index contributed by atoms with van der Waals surface area (Å²) in [5.41, 5.74) is 0. The van der Waals surface area contributed by atoms with Crippen LogP contribution in [0.15, 0.2) is 25.0 Å². The Morgan fingerprint density at radius 3 is 3.06 bits per heavy atom. The molecule has 18 heavy (non-hydrogen) atoms. The van der Waals surface area contributed by atoms with Gasteiger partial charge in [0.05, 0.1) is 13.2 Å². The average molecular weight is 250 g/mol. The lowest BCUT2D eigenvalue weighted by Gasteiger charge is -2.29. The van der Waals surface area contributed by atoms with Gasteiger partial charge in [-0.2, -0.15) is 0 Å². The summed E-state index contributed by atoms with van der Waals surface area (Å²) in [5, 5.41) is 3.44. The molecule has 0 saturated carbocycles. The first kappa shape index (κ1) is 13.1. The summed E-state index contributed by atoms with van der Waals surface area (Å²) in [6.45, 7) is 11.5. The molecule has 1 unspecified atom stereocenters. The van der Waals surface area contributed by atoms with Crippen LogP contribution >= 0.6 is 0 Å². The van der Waals surface area contributed by atoms with E-state index in [1.807, 2.05) is 18.5 Å². The molecule has 1 aliphatic rings. The highest BCUT2D eigenvalue weighted by Gasteiger charge is 2.14. The molecule has 1 aromatic rings. The molecule has 5 heteroatoms. The van der Waals surface area contributed by atoms with E-state index in [2.05, 4.69) is 33.3 Å². The number of ether oxygens (including phenoxy) is 1. The minimum absolute atomic E-state index is 0.370. The smallest absolute Gasteiger partial charge is 0.203 e. The van der Waals surface area contributed by atoms with E-state index < -0.39 is 0 Å². The van der Waals surface area contributed by atoms with E-state index in [4.69, 9.17) is 4.74 Å². The number of nitrogens with zero attached hydrogens (tertiary/aromatic N) is 3. The maximum atomic E-state index is 5.35. The molecule has 1 aromatic heterocycles. The lowest BCUT2D eigenvalue weighted by molar-refractivity contribution is 0.0367. The first-order valence-corrected chi connectivity index (χ1v) is 6.48. The molecule has 1 saturated heterocycles. The number of hydrogen-bond donors (Lipinski definition) is 1. The zero-order valence-corrected chi connectivity index (χ0v) is 11.0. The summed E-state index contributed by atoms with van der Waals surface area (Å²) in [7, 11) is 0. The molecule has 0 aliphatic carbocycles. The van der Waals surface area contributed by atoms with Gasteiger partial charge >= 0.3 is 0 Å². The van der Waals surface area contributed by atoms with Gasteiger partial charge in [0, 0.05) is 44.6 Å². The Labute approximate surface area is 108 Å². The Hall–Kier alpha value is -1.33. The fraction of sp³-hybridized carbons (Fsp3) is 0.615. The van der Waals surface area contributed by atoms with Gasteiger partial charge in [0.2, 0.25) is 5.95 Å². The molecule has 0 spiro atoms. The number of nitrogens with one attached hydrogen (secondary N) is 1. The van der Waals surface area contributed by atoms with E-state index in [0.29, 0.717) is 6.04 Å². The zero-order valence-electron chi connectivity index (χ0n) is 11.0. The predicted octanol–water partition coefficient (Wildman–Crippen LogP) is 1.20. The third-order valence-electron chi connectivity index (χ3n) is 3.05. The average Bonchev–Trinajstić information content (AvgIpc) is 2.78. The number of rotatable bonds is 6. The van der Waals surface area contributed by atoms with Crippen LogP contribution in [0.5, 0.6) is 0 Å². The van der Waals surface area contributed by atoms with Crippen molar-refractivity contribution in [2.75, 3.05) is 38.2 Å². The van der Waals surface area contributed by atoms with Crippen molar-refractivity contribution in [1.29, 1.82) is 0 Å². The predicted molar refractivity (Wildman–Crippen MR) is 72.8 cm³/mol. The van der Waals surface area contributed by atoms with Gasteiger partial charge in [-0.05, 0) is 6.92 Å². The molecular formula is C13H22N4O. The standard InChI is InChI=1S/C13H22N4O/c1-3-5-17-6-4-14-13(17)15-12(2)11-16-7-9-18-10-8-16/h3-4,6,12H,1,5,7-11H2,2H3,(H,14,15). The first-order chi connectivity index (χ1) is 8.79. The topological polar surface area (TPSA) is 42.3 Å². The summed E-state index contributed by atoms with van der Waals surface area (Å²) >= 11 is 0. The minimum atomic E-state index is 0.370. The number of anilines is 1. The third kappa shape index (κ3) is 3.58. The lowest BCUT2D eigenvalue weighted by Crippen LogP contribution is -2.42. The quantitative estimate of drug-likeness (QED) is 0.770. The van der Waals surface area contributed by atoms with Gasteiger partial charge in [-0.3, -0.25) is 4.90 Å². The van der Waals surface area contributed by atoms with Crippen molar-refractivity contribution in [2.24, 2.45) is 0 Å². The van der Waals surface area contributed by atoms with Gasteiger partial charge in [-0.15, -0.1) is 6.58 Å². The van der Waals surface area contributed by atoms with Crippen LogP contribution in [0.1, 0.15) is 6.92 Å². The molecule has 1 aliphatic heterocycles. The van der Waals surface area contributed by atoms with Crippen molar-refractivity contribution in [1.82, 2.24) is 14.5 Å². The number of allylic oxidation sites excluding steroid dienone is 1. The van der Waals surface area contributed by atoms with Crippen LogP contribution in [-0.4, -0.2) is 53.3 Å². The van der Waals surface area contributed by atoms with E-state index in [1.54, 1.807) is 0 Å². The van der Waals surface area contributed by atoms with Crippen LogP contribution < -0.4 is 5.32 Å². The Kier molecular flexibility index (Phi) is 4.78. The Balaban J connectivity index is 1.83. The second-order valence-corrected chi connectivity index (χ2v) is 4.65. The molecule has 2 heterocycles. The number of hydrogen-bond acceptors (Lipinski definition) is 4. The van der Waals surface area contributed by atoms with Crippen molar-refractivity contribution < 1.29 is 4.74 Å². The van der Waals surface area contributed by atoms with Crippen LogP contribution in [0.25, 0.3) is 0 Å². The molecule has 5 nitrogen and oxygen atoms in total. The summed E-state index contributed by atoms with van der Waals surface area (Å²) < 4.78 is 7.41. The van der Waals surface area contributed by atoms with E-state index in [-0.39, 0.29) is 0 Å². The van der Waals surface area contributed by atoms with E-state index in [0.717, 1.165) is 45.3 Å². The van der Waals surface area contributed by atoms with E-state index >= 15 is 0 Å². The normalized spacial score (nSPS) is 18.5. The van der Waals surface area contributed by atoms with Gasteiger partial charge in [0.1, 0.15) is 0 Å². The van der Waals surface area contributed by atoms with Crippen LogP contribution in [0, 0.1) is 0 Å². The monoisotopic (exact) mass is 250 g/mol. The minimum Gasteiger partial charge on any atom is -0.379 e. The van der Waals surface area contributed by atoms with Gasteiger partial charge in [-0.25, -0.2) is 4.98 Å². The highest BCUT2D eigenvalue weighted by Crippen LogP contribution is 2.07. The maximum absolute atomic E-state index is 5.35. The molecule has 2 rings (SSSR count). The van der Waals surface area contributed by atoms with Crippen molar-refractivity contribution in [3.8, 4) is 0 Å². The molecule has 0 amide bonds. The Morgan fingerprint density at radius 1 is 1.56 bits per heavy atom. The van der Waals surface area contributed by atoms with Crippen LogP contribution in [-0.2, 0) is 11.3 Å². The summed E-state index contributed by atoms with van der Waals surface area (Å²) in [4.78, 5) is 6.75. The van der Waals surface area contributed by atoms with Crippen LogP contribution in [0.2, 0.25) is 0 Å². The second-order valence-electron chi connectivity index (χ2n) is 4.65. The highest BCUT2D eigenvalue weighted by molar-refractivity contribution is 5.27.